The fourth-order valence-electron chi connectivity index (χ4n) is 2.53. The summed E-state index contributed by atoms with van der Waals surface area (Å²) in [6.45, 7) is 3.60. The standard InChI is InChI=1S/C19H21N3O4S2/c1-12(2)22(3)28(24,25)14-10-8-13(9-11-14)18(23)21-19-20-17-15(26-4)6-5-7-16(17)27-19/h5-12H,1-4H3,(H,20,21,23). The number of hydrogen-bond donors (Lipinski definition) is 1. The molecule has 3 aromatic rings. The van der Waals surface area contributed by atoms with E-state index in [-0.39, 0.29) is 16.8 Å². The molecule has 148 valence electrons. The monoisotopic (exact) mass is 419 g/mol. The fourth-order valence-corrected chi connectivity index (χ4v) is 4.78. The SMILES string of the molecule is COc1cccc2sc(NC(=O)c3ccc(S(=O)(=O)N(C)C(C)C)cc3)nc12. The fraction of sp³-hybridized carbons (Fsp3) is 0.263. The summed E-state index contributed by atoms with van der Waals surface area (Å²) in [7, 11) is -0.489. The van der Waals surface area contributed by atoms with Crippen molar-refractivity contribution in [3.05, 3.63) is 48.0 Å². The summed E-state index contributed by atoms with van der Waals surface area (Å²) >= 11 is 1.34. The summed E-state index contributed by atoms with van der Waals surface area (Å²) < 4.78 is 32.5. The van der Waals surface area contributed by atoms with Crippen molar-refractivity contribution in [1.82, 2.24) is 9.29 Å². The number of anilines is 1. The van der Waals surface area contributed by atoms with Crippen LogP contribution in [-0.4, -0.2) is 43.8 Å². The molecule has 0 fully saturated rings. The minimum absolute atomic E-state index is 0.143. The van der Waals surface area contributed by atoms with Gasteiger partial charge in [0.25, 0.3) is 5.91 Å². The van der Waals surface area contributed by atoms with E-state index in [1.54, 1.807) is 27.0 Å². The number of hydrogen-bond acceptors (Lipinski definition) is 6. The highest BCUT2D eigenvalue weighted by Gasteiger charge is 2.23. The number of fused-ring (bicyclic) bond motifs is 1. The predicted octanol–water partition coefficient (Wildman–Crippen LogP) is 3.59. The van der Waals surface area contributed by atoms with Crippen molar-refractivity contribution in [3.8, 4) is 5.75 Å². The van der Waals surface area contributed by atoms with Crippen molar-refractivity contribution in [2.24, 2.45) is 0 Å². The quantitative estimate of drug-likeness (QED) is 0.660. The zero-order chi connectivity index (χ0) is 20.5. The predicted molar refractivity (Wildman–Crippen MR) is 111 cm³/mol. The molecule has 1 aromatic heterocycles. The molecule has 0 spiro atoms. The third kappa shape index (κ3) is 3.87. The summed E-state index contributed by atoms with van der Waals surface area (Å²) in [6, 6.07) is 11.3. The maximum absolute atomic E-state index is 12.5. The van der Waals surface area contributed by atoms with Crippen molar-refractivity contribution in [1.29, 1.82) is 0 Å². The number of sulfonamides is 1. The van der Waals surface area contributed by atoms with Gasteiger partial charge in [-0.2, -0.15) is 4.31 Å². The highest BCUT2D eigenvalue weighted by molar-refractivity contribution is 7.89. The smallest absolute Gasteiger partial charge is 0.257 e. The zero-order valence-corrected chi connectivity index (χ0v) is 17.6. The molecule has 0 unspecified atom stereocenters. The van der Waals surface area contributed by atoms with Gasteiger partial charge in [-0.25, -0.2) is 13.4 Å². The minimum atomic E-state index is -3.59. The van der Waals surface area contributed by atoms with Gasteiger partial charge in [-0.1, -0.05) is 17.4 Å². The molecule has 0 bridgehead atoms. The molecular weight excluding hydrogens is 398 g/mol. The Morgan fingerprint density at radius 2 is 1.86 bits per heavy atom. The Labute approximate surface area is 168 Å². The molecule has 9 heteroatoms. The van der Waals surface area contributed by atoms with Gasteiger partial charge >= 0.3 is 0 Å². The number of nitrogens with one attached hydrogen (secondary N) is 1. The van der Waals surface area contributed by atoms with Gasteiger partial charge in [-0.05, 0) is 50.2 Å². The number of para-hydroxylation sites is 1. The number of carbonyl (C=O) groups excluding carboxylic acids is 1. The first-order valence-electron chi connectivity index (χ1n) is 8.57. The number of methoxy groups -OCH3 is 1. The molecule has 0 aliphatic carbocycles. The van der Waals surface area contributed by atoms with Crippen molar-refractivity contribution in [3.63, 3.8) is 0 Å². The molecule has 0 saturated heterocycles. The number of benzene rings is 2. The van der Waals surface area contributed by atoms with Crippen LogP contribution >= 0.6 is 11.3 Å². The third-order valence-corrected chi connectivity index (χ3v) is 7.33. The van der Waals surface area contributed by atoms with Crippen molar-refractivity contribution < 1.29 is 17.9 Å². The lowest BCUT2D eigenvalue weighted by molar-refractivity contribution is 0.102. The summed E-state index contributed by atoms with van der Waals surface area (Å²) in [5, 5.41) is 3.20. The van der Waals surface area contributed by atoms with Crippen LogP contribution in [-0.2, 0) is 10.0 Å². The first-order valence-corrected chi connectivity index (χ1v) is 10.8. The Morgan fingerprint density at radius 3 is 2.46 bits per heavy atom. The van der Waals surface area contributed by atoms with Crippen LogP contribution in [0.2, 0.25) is 0 Å². The molecule has 1 N–H and O–H groups in total. The highest BCUT2D eigenvalue weighted by Crippen LogP contribution is 2.32. The molecule has 1 amide bonds. The van der Waals surface area contributed by atoms with Gasteiger partial charge in [0, 0.05) is 18.7 Å². The Kier molecular flexibility index (Phi) is 5.69. The summed E-state index contributed by atoms with van der Waals surface area (Å²) in [5.41, 5.74) is 1.03. The Morgan fingerprint density at radius 1 is 1.18 bits per heavy atom. The van der Waals surface area contributed by atoms with E-state index in [0.717, 1.165) is 4.70 Å². The maximum Gasteiger partial charge on any atom is 0.257 e. The van der Waals surface area contributed by atoms with Crippen LogP contribution in [0.5, 0.6) is 5.75 Å². The maximum atomic E-state index is 12.5. The Bertz CT molecular complexity index is 1110. The number of aromatic nitrogens is 1. The van der Waals surface area contributed by atoms with Crippen molar-refractivity contribution in [2.45, 2.75) is 24.8 Å². The van der Waals surface area contributed by atoms with Crippen LogP contribution in [0.3, 0.4) is 0 Å². The molecule has 0 atom stereocenters. The molecular formula is C19H21N3O4S2. The van der Waals surface area contributed by atoms with Gasteiger partial charge in [0.1, 0.15) is 11.3 Å². The number of rotatable bonds is 6. The third-order valence-electron chi connectivity index (χ3n) is 4.34. The van der Waals surface area contributed by atoms with E-state index in [1.807, 2.05) is 12.1 Å². The lowest BCUT2D eigenvalue weighted by Crippen LogP contribution is -2.33. The second-order valence-corrected chi connectivity index (χ2v) is 9.45. The first kappa shape index (κ1) is 20.2. The van der Waals surface area contributed by atoms with Crippen LogP contribution in [0.15, 0.2) is 47.4 Å². The van der Waals surface area contributed by atoms with Crippen LogP contribution in [0.25, 0.3) is 10.2 Å². The molecule has 3 rings (SSSR count). The van der Waals surface area contributed by atoms with Gasteiger partial charge in [0.15, 0.2) is 5.13 Å². The highest BCUT2D eigenvalue weighted by atomic mass is 32.2. The van der Waals surface area contributed by atoms with Crippen molar-refractivity contribution >= 4 is 42.6 Å². The van der Waals surface area contributed by atoms with Gasteiger partial charge in [0.2, 0.25) is 10.0 Å². The van der Waals surface area contributed by atoms with Gasteiger partial charge < -0.3 is 4.74 Å². The van der Waals surface area contributed by atoms with Crippen LogP contribution in [0, 0.1) is 0 Å². The number of amides is 1. The normalized spacial score (nSPS) is 11.9. The average molecular weight is 420 g/mol. The molecule has 7 nitrogen and oxygen atoms in total. The Hall–Kier alpha value is -2.49. The van der Waals surface area contributed by atoms with Gasteiger partial charge in [-0.3, -0.25) is 10.1 Å². The van der Waals surface area contributed by atoms with E-state index in [0.29, 0.717) is 22.0 Å². The molecule has 2 aromatic carbocycles. The second-order valence-electron chi connectivity index (χ2n) is 6.42. The van der Waals surface area contributed by atoms with E-state index in [9.17, 15) is 13.2 Å². The van der Waals surface area contributed by atoms with E-state index in [2.05, 4.69) is 10.3 Å². The molecule has 0 aliphatic rings. The number of thiazole rings is 1. The largest absolute Gasteiger partial charge is 0.494 e. The summed E-state index contributed by atoms with van der Waals surface area (Å²) in [4.78, 5) is 17.1. The van der Waals surface area contributed by atoms with E-state index < -0.39 is 10.0 Å². The molecule has 0 radical (unpaired) electrons. The zero-order valence-electron chi connectivity index (χ0n) is 16.0. The topological polar surface area (TPSA) is 88.6 Å². The first-order chi connectivity index (χ1) is 13.2. The van der Waals surface area contributed by atoms with Gasteiger partial charge in [-0.15, -0.1) is 0 Å². The molecule has 0 aliphatic heterocycles. The lowest BCUT2D eigenvalue weighted by atomic mass is 10.2. The number of nitrogens with zero attached hydrogens (tertiary/aromatic N) is 2. The lowest BCUT2D eigenvalue weighted by Gasteiger charge is -2.20. The Balaban J connectivity index is 1.80. The van der Waals surface area contributed by atoms with Gasteiger partial charge in [0.05, 0.1) is 16.7 Å². The minimum Gasteiger partial charge on any atom is -0.494 e. The molecule has 0 saturated carbocycles. The van der Waals surface area contributed by atoms with Crippen LogP contribution in [0.4, 0.5) is 5.13 Å². The molecule has 1 heterocycles. The van der Waals surface area contributed by atoms with E-state index >= 15 is 0 Å². The average Bonchev–Trinajstić information content (AvgIpc) is 3.09. The molecule has 28 heavy (non-hydrogen) atoms. The summed E-state index contributed by atoms with van der Waals surface area (Å²) in [6.07, 6.45) is 0. The van der Waals surface area contributed by atoms with Crippen molar-refractivity contribution in [2.75, 3.05) is 19.5 Å². The second kappa shape index (κ2) is 7.86. The summed E-state index contributed by atoms with van der Waals surface area (Å²) in [5.74, 6) is 0.275. The number of carbonyl (C=O) groups is 1. The number of ether oxygens (including phenoxy) is 1. The van der Waals surface area contributed by atoms with E-state index in [4.69, 9.17) is 4.74 Å². The van der Waals surface area contributed by atoms with Crippen LogP contribution < -0.4 is 10.1 Å². The van der Waals surface area contributed by atoms with E-state index in [1.165, 1.54) is 47.0 Å². The van der Waals surface area contributed by atoms with Crippen LogP contribution in [0.1, 0.15) is 24.2 Å².